The van der Waals surface area contributed by atoms with Gasteiger partial charge in [-0.2, -0.15) is 0 Å². The maximum absolute atomic E-state index is 10.3. The average molecular weight is 276 g/mol. The predicted octanol–water partition coefficient (Wildman–Crippen LogP) is 2.49. The fraction of sp³-hybridized carbons (Fsp3) is 0.125. The van der Waals surface area contributed by atoms with Gasteiger partial charge in [0.1, 0.15) is 0 Å². The predicted molar refractivity (Wildman–Crippen MR) is 45.3 cm³/mol. The van der Waals surface area contributed by atoms with Crippen molar-refractivity contribution in [3.8, 4) is 0 Å². The third kappa shape index (κ3) is 5.31. The van der Waals surface area contributed by atoms with E-state index in [2.05, 4.69) is 27.7 Å². The second-order valence-electron chi connectivity index (χ2n) is 2.09. The second-order valence-corrected chi connectivity index (χ2v) is 2.09. The summed E-state index contributed by atoms with van der Waals surface area (Å²) in [4.78, 5) is 10.3. The molecule has 0 spiro atoms. The first-order valence-corrected chi connectivity index (χ1v) is 5.19. The van der Waals surface area contributed by atoms with Crippen molar-refractivity contribution >= 4 is 15.4 Å². The summed E-state index contributed by atoms with van der Waals surface area (Å²) in [5, 5.41) is 0. The molecule has 0 saturated heterocycles. The van der Waals surface area contributed by atoms with Gasteiger partial charge in [-0.3, -0.25) is 0 Å². The normalized spacial score (nSPS) is 8.25. The van der Waals surface area contributed by atoms with E-state index in [0.29, 0.717) is 0 Å². The van der Waals surface area contributed by atoms with E-state index < -0.39 is 5.91 Å². The van der Waals surface area contributed by atoms with E-state index in [1.165, 1.54) is 0 Å². The molecule has 0 aliphatic heterocycles. The van der Waals surface area contributed by atoms with Gasteiger partial charge < -0.3 is 10.5 Å². The smallest absolute Gasteiger partial charge is 0.0532 e. The summed E-state index contributed by atoms with van der Waals surface area (Å²) in [7, 11) is 4.49. The van der Waals surface area contributed by atoms with Gasteiger partial charge in [0, 0.05) is 6.42 Å². The van der Waals surface area contributed by atoms with Crippen LogP contribution in [0.1, 0.15) is 5.56 Å². The van der Waals surface area contributed by atoms with Crippen LogP contribution >= 0.6 is 9.53 Å². The third-order valence-corrected chi connectivity index (χ3v) is 1.21. The molecular weight excluding hydrogens is 268 g/mol. The maximum Gasteiger partial charge on any atom is 0.0532 e. The SMILES string of the molecule is [Cl][Pd+].[NH-]C(=O)Cc1ccccc1. The number of halogens is 1. The molecule has 1 aromatic rings. The first kappa shape index (κ1) is 11.6. The van der Waals surface area contributed by atoms with E-state index in [9.17, 15) is 4.79 Å². The van der Waals surface area contributed by atoms with Crippen LogP contribution < -0.4 is 0 Å². The molecule has 0 aliphatic rings. The largest absolute Gasteiger partial charge is 0.667 e. The van der Waals surface area contributed by atoms with Gasteiger partial charge in [-0.15, -0.1) is 0 Å². The van der Waals surface area contributed by atoms with E-state index in [0.717, 1.165) is 5.56 Å². The minimum absolute atomic E-state index is 0.223. The van der Waals surface area contributed by atoms with Gasteiger partial charge in [0.2, 0.25) is 0 Å². The summed E-state index contributed by atoms with van der Waals surface area (Å²) in [6.45, 7) is 0. The number of nitrogens with one attached hydrogen (secondary N) is 1. The first-order chi connectivity index (χ1) is 5.79. The molecule has 0 heterocycles. The summed E-state index contributed by atoms with van der Waals surface area (Å²) in [6, 6.07) is 9.29. The minimum atomic E-state index is -0.536. The van der Waals surface area contributed by atoms with E-state index in [1.54, 1.807) is 0 Å². The van der Waals surface area contributed by atoms with Crippen LogP contribution in [-0.2, 0) is 29.4 Å². The van der Waals surface area contributed by atoms with Crippen molar-refractivity contribution in [3.63, 3.8) is 0 Å². The molecule has 1 N–H and O–H groups in total. The average Bonchev–Trinajstić information content (AvgIpc) is 2.08. The number of amides is 1. The quantitative estimate of drug-likeness (QED) is 0.765. The molecule has 68 valence electrons. The molecule has 1 rings (SSSR count). The Morgan fingerprint density at radius 3 is 2.25 bits per heavy atom. The van der Waals surface area contributed by atoms with Gasteiger partial charge in [0.05, 0.1) is 5.91 Å². The molecule has 12 heavy (non-hydrogen) atoms. The molecule has 0 aliphatic carbocycles. The van der Waals surface area contributed by atoms with Crippen molar-refractivity contribution < 1.29 is 23.0 Å². The molecule has 0 aromatic heterocycles. The van der Waals surface area contributed by atoms with Crippen LogP contribution in [0.15, 0.2) is 30.3 Å². The van der Waals surface area contributed by atoms with Crippen molar-refractivity contribution in [1.82, 2.24) is 0 Å². The number of carbonyl (C=O) groups excluding carboxylic acids is 1. The second kappa shape index (κ2) is 7.30. The van der Waals surface area contributed by atoms with Crippen molar-refractivity contribution in [2.24, 2.45) is 0 Å². The molecule has 1 amide bonds. The van der Waals surface area contributed by atoms with Crippen LogP contribution in [0.2, 0.25) is 0 Å². The molecule has 0 radical (unpaired) electrons. The zero-order chi connectivity index (χ0) is 9.40. The number of carbonyl (C=O) groups is 1. The summed E-state index contributed by atoms with van der Waals surface area (Å²) >= 11 is 2.22. The zero-order valence-electron chi connectivity index (χ0n) is 6.20. The van der Waals surface area contributed by atoms with Gasteiger partial charge in [0.25, 0.3) is 0 Å². The molecule has 1 aromatic carbocycles. The molecule has 4 heteroatoms. The molecule has 0 atom stereocenters. The maximum atomic E-state index is 10.3. The third-order valence-electron chi connectivity index (χ3n) is 1.21. The fourth-order valence-corrected chi connectivity index (χ4v) is 0.781. The summed E-state index contributed by atoms with van der Waals surface area (Å²) in [6.07, 6.45) is 0.223. The monoisotopic (exact) mass is 275 g/mol. The molecule has 0 fully saturated rings. The molecule has 0 bridgehead atoms. The van der Waals surface area contributed by atoms with Gasteiger partial charge >= 0.3 is 27.7 Å². The van der Waals surface area contributed by atoms with Crippen LogP contribution in [0.3, 0.4) is 0 Å². The topological polar surface area (TPSA) is 40.9 Å². The van der Waals surface area contributed by atoms with Crippen LogP contribution in [-0.4, -0.2) is 5.91 Å². The van der Waals surface area contributed by atoms with Crippen LogP contribution in [0, 0.1) is 0 Å². The van der Waals surface area contributed by atoms with Gasteiger partial charge in [0.15, 0.2) is 0 Å². The summed E-state index contributed by atoms with van der Waals surface area (Å²) in [5.74, 6) is -0.536. The Kier molecular flexibility index (Phi) is 7.08. The molecular formula is C8H8ClNOPd. The van der Waals surface area contributed by atoms with Crippen LogP contribution in [0.5, 0.6) is 0 Å². The Balaban J connectivity index is 0.000000561. The fourth-order valence-electron chi connectivity index (χ4n) is 0.781. The summed E-state index contributed by atoms with van der Waals surface area (Å²) < 4.78 is 0. The van der Waals surface area contributed by atoms with Crippen LogP contribution in [0.25, 0.3) is 5.73 Å². The minimum Gasteiger partial charge on any atom is -0.667 e. The number of rotatable bonds is 2. The van der Waals surface area contributed by atoms with Crippen molar-refractivity contribution in [2.45, 2.75) is 6.42 Å². The Hall–Kier alpha value is -0.358. The van der Waals surface area contributed by atoms with Crippen LogP contribution in [0.4, 0.5) is 0 Å². The number of hydrogen-bond acceptors (Lipinski definition) is 1. The number of benzene rings is 1. The standard InChI is InChI=1S/C8H9NO.ClH.Pd/c9-8(10)6-7-4-2-1-3-5-7;;/h1-5H,6H2,(H2,9,10);1H;/q;;+2/p-2. The first-order valence-electron chi connectivity index (χ1n) is 3.19. The van der Waals surface area contributed by atoms with Gasteiger partial charge in [-0.25, -0.2) is 0 Å². The van der Waals surface area contributed by atoms with Crippen molar-refractivity contribution in [2.75, 3.05) is 0 Å². The van der Waals surface area contributed by atoms with Crippen molar-refractivity contribution in [3.05, 3.63) is 41.6 Å². The zero-order valence-corrected chi connectivity index (χ0v) is 8.51. The van der Waals surface area contributed by atoms with Gasteiger partial charge in [-0.1, -0.05) is 30.3 Å². The summed E-state index contributed by atoms with van der Waals surface area (Å²) in [5.41, 5.74) is 7.58. The van der Waals surface area contributed by atoms with E-state index >= 15 is 0 Å². The van der Waals surface area contributed by atoms with Gasteiger partial charge in [-0.05, 0) is 5.56 Å². The Bertz CT molecular complexity index is 228. The molecule has 2 nitrogen and oxygen atoms in total. The Morgan fingerprint density at radius 2 is 1.83 bits per heavy atom. The van der Waals surface area contributed by atoms with E-state index in [1.807, 2.05) is 30.3 Å². The molecule has 0 saturated carbocycles. The molecule has 0 unspecified atom stereocenters. The van der Waals surface area contributed by atoms with E-state index in [4.69, 9.17) is 5.73 Å². The number of hydrogen-bond donors (Lipinski definition) is 0. The Morgan fingerprint density at radius 1 is 1.33 bits per heavy atom. The van der Waals surface area contributed by atoms with Crippen molar-refractivity contribution in [1.29, 1.82) is 0 Å². The van der Waals surface area contributed by atoms with E-state index in [-0.39, 0.29) is 6.42 Å². The Labute approximate surface area is 86.5 Å².